The van der Waals surface area contributed by atoms with Crippen LogP contribution in [0.25, 0.3) is 10.9 Å². The van der Waals surface area contributed by atoms with Gasteiger partial charge in [0.15, 0.2) is 5.82 Å². The van der Waals surface area contributed by atoms with Gasteiger partial charge < -0.3 is 29.0 Å². The number of hydrogen-bond donors (Lipinski definition) is 2. The van der Waals surface area contributed by atoms with Gasteiger partial charge in [-0.25, -0.2) is 18.4 Å². The molecule has 1 aliphatic heterocycles. The standard InChI is InChI=1S/C27H29F2N3O6/c1-27(2,3)38-26(36)30-10-14-11-31(12-17(14)20-5-4-8-37-20)23-19(28)9-16-22(21(23)29)32(15-6-7-15)13-18(24(16)33)25(34)35/h4-5,8-9,13-15,17H,6-7,10-12H2,1-3H3,(H,30,36)(H,34,35)/t14-,17-/m1/s1. The van der Waals surface area contributed by atoms with Crippen LogP contribution in [0.5, 0.6) is 0 Å². The van der Waals surface area contributed by atoms with Crippen molar-refractivity contribution in [2.24, 2.45) is 5.92 Å². The number of aromatic nitrogens is 1. The number of aromatic carboxylic acids is 1. The Kier molecular flexibility index (Phi) is 6.40. The minimum absolute atomic E-state index is 0.108. The third-order valence-corrected chi connectivity index (χ3v) is 6.93. The Morgan fingerprint density at radius 2 is 1.97 bits per heavy atom. The Labute approximate surface area is 217 Å². The van der Waals surface area contributed by atoms with Crippen LogP contribution in [-0.4, -0.2) is 47.0 Å². The minimum atomic E-state index is -1.45. The molecular formula is C27H29F2N3O6. The van der Waals surface area contributed by atoms with Crippen molar-refractivity contribution in [3.8, 4) is 0 Å². The molecule has 9 nitrogen and oxygen atoms in total. The summed E-state index contributed by atoms with van der Waals surface area (Å²) in [5.41, 5.74) is -2.54. The molecule has 1 aromatic carbocycles. The van der Waals surface area contributed by atoms with E-state index in [4.69, 9.17) is 9.15 Å². The summed E-state index contributed by atoms with van der Waals surface area (Å²) >= 11 is 0. The average Bonchev–Trinajstić information content (AvgIpc) is 3.35. The molecule has 202 valence electrons. The number of benzene rings is 1. The summed E-state index contributed by atoms with van der Waals surface area (Å²) in [6, 6.07) is 4.27. The molecule has 2 fully saturated rings. The van der Waals surface area contributed by atoms with Gasteiger partial charge in [0.25, 0.3) is 0 Å². The maximum Gasteiger partial charge on any atom is 0.407 e. The molecule has 1 amide bonds. The van der Waals surface area contributed by atoms with Crippen LogP contribution in [0.1, 0.15) is 61.7 Å². The summed E-state index contributed by atoms with van der Waals surface area (Å²) in [7, 11) is 0. The minimum Gasteiger partial charge on any atom is -0.477 e. The molecular weight excluding hydrogens is 500 g/mol. The Morgan fingerprint density at radius 1 is 1.24 bits per heavy atom. The molecule has 0 bridgehead atoms. The number of hydrogen-bond acceptors (Lipinski definition) is 6. The zero-order chi connectivity index (χ0) is 27.4. The lowest BCUT2D eigenvalue weighted by molar-refractivity contribution is 0.0518. The number of carboxylic acids is 1. The van der Waals surface area contributed by atoms with Gasteiger partial charge in [0, 0.05) is 43.7 Å². The summed E-state index contributed by atoms with van der Waals surface area (Å²) in [5.74, 6) is -3.25. The number of rotatable bonds is 6. The Hall–Kier alpha value is -3.89. The Morgan fingerprint density at radius 3 is 2.58 bits per heavy atom. The topological polar surface area (TPSA) is 114 Å². The second-order valence-corrected chi connectivity index (χ2v) is 10.9. The zero-order valence-electron chi connectivity index (χ0n) is 21.3. The number of nitrogens with one attached hydrogen (secondary N) is 1. The quantitative estimate of drug-likeness (QED) is 0.478. The van der Waals surface area contributed by atoms with Crippen LogP contribution in [0.2, 0.25) is 0 Å². The van der Waals surface area contributed by atoms with Gasteiger partial charge in [0.2, 0.25) is 5.43 Å². The van der Waals surface area contributed by atoms with Crippen LogP contribution in [0.3, 0.4) is 0 Å². The molecule has 1 saturated carbocycles. The number of pyridine rings is 1. The summed E-state index contributed by atoms with van der Waals surface area (Å²) in [6.45, 7) is 5.84. The van der Waals surface area contributed by atoms with Crippen LogP contribution in [0.4, 0.5) is 19.3 Å². The second kappa shape index (κ2) is 9.45. The van der Waals surface area contributed by atoms with Gasteiger partial charge in [0.05, 0.1) is 17.2 Å². The van der Waals surface area contributed by atoms with Gasteiger partial charge in [-0.1, -0.05) is 0 Å². The molecule has 0 spiro atoms. The monoisotopic (exact) mass is 529 g/mol. The normalized spacial score (nSPS) is 19.7. The summed E-state index contributed by atoms with van der Waals surface area (Å²) in [5, 5.41) is 11.9. The number of furan rings is 1. The third kappa shape index (κ3) is 4.84. The highest BCUT2D eigenvalue weighted by atomic mass is 19.1. The van der Waals surface area contributed by atoms with Gasteiger partial charge in [0.1, 0.15) is 28.4 Å². The molecule has 1 saturated heterocycles. The molecule has 3 heterocycles. The van der Waals surface area contributed by atoms with E-state index in [0.717, 1.165) is 12.3 Å². The first kappa shape index (κ1) is 25.7. The first-order chi connectivity index (χ1) is 17.9. The number of fused-ring (bicyclic) bond motifs is 1. The van der Waals surface area contributed by atoms with E-state index in [0.29, 0.717) is 18.6 Å². The van der Waals surface area contributed by atoms with E-state index in [1.807, 2.05) is 0 Å². The molecule has 3 aromatic rings. The summed E-state index contributed by atoms with van der Waals surface area (Å²) in [6.07, 6.45) is 3.47. The lowest BCUT2D eigenvalue weighted by Gasteiger charge is -2.23. The molecule has 2 aliphatic rings. The number of anilines is 1. The van der Waals surface area contributed by atoms with Crippen molar-refractivity contribution in [3.05, 3.63) is 63.8 Å². The SMILES string of the molecule is CC(C)(C)OC(=O)NC[C@@H]1CN(c2c(F)cc3c(=O)c(C(=O)O)cn(C4CC4)c3c2F)C[C@H]1c1ccco1. The van der Waals surface area contributed by atoms with Crippen molar-refractivity contribution in [1.29, 1.82) is 0 Å². The lowest BCUT2D eigenvalue weighted by atomic mass is 9.94. The molecule has 0 unspecified atom stereocenters. The molecule has 2 atom stereocenters. The lowest BCUT2D eigenvalue weighted by Crippen LogP contribution is -2.37. The van der Waals surface area contributed by atoms with Crippen LogP contribution in [0.15, 0.2) is 39.9 Å². The smallest absolute Gasteiger partial charge is 0.407 e. The summed E-state index contributed by atoms with van der Waals surface area (Å²) < 4.78 is 44.0. The first-order valence-electron chi connectivity index (χ1n) is 12.5. The van der Waals surface area contributed by atoms with Crippen molar-refractivity contribution in [2.45, 2.75) is 51.2 Å². The van der Waals surface area contributed by atoms with E-state index in [-0.39, 0.29) is 54.1 Å². The molecule has 38 heavy (non-hydrogen) atoms. The Balaban J connectivity index is 1.52. The van der Waals surface area contributed by atoms with E-state index < -0.39 is 40.3 Å². The van der Waals surface area contributed by atoms with Crippen LogP contribution in [-0.2, 0) is 4.74 Å². The van der Waals surface area contributed by atoms with E-state index in [2.05, 4.69) is 5.32 Å². The van der Waals surface area contributed by atoms with Crippen molar-refractivity contribution >= 4 is 28.7 Å². The van der Waals surface area contributed by atoms with E-state index in [9.17, 15) is 19.5 Å². The van der Waals surface area contributed by atoms with Crippen LogP contribution in [0, 0.1) is 17.6 Å². The fourth-order valence-electron chi connectivity index (χ4n) is 5.13. The fourth-order valence-corrected chi connectivity index (χ4v) is 5.13. The number of carbonyl (C=O) groups excluding carboxylic acids is 1. The number of ether oxygens (including phenoxy) is 1. The number of halogens is 2. The zero-order valence-corrected chi connectivity index (χ0v) is 21.3. The maximum atomic E-state index is 16.1. The van der Waals surface area contributed by atoms with Gasteiger partial charge in [-0.15, -0.1) is 0 Å². The molecule has 11 heteroatoms. The van der Waals surface area contributed by atoms with Gasteiger partial charge in [-0.2, -0.15) is 0 Å². The maximum absolute atomic E-state index is 16.1. The number of carbonyl (C=O) groups is 2. The fraction of sp³-hybridized carbons (Fsp3) is 0.444. The highest BCUT2D eigenvalue weighted by Crippen LogP contribution is 2.42. The highest BCUT2D eigenvalue weighted by Gasteiger charge is 2.39. The number of amides is 1. The predicted molar refractivity (Wildman–Crippen MR) is 135 cm³/mol. The third-order valence-electron chi connectivity index (χ3n) is 6.93. The number of alkyl carbamates (subject to hydrolysis) is 1. The largest absolute Gasteiger partial charge is 0.477 e. The molecule has 2 aromatic heterocycles. The van der Waals surface area contributed by atoms with Crippen molar-refractivity contribution < 1.29 is 32.6 Å². The van der Waals surface area contributed by atoms with E-state index >= 15 is 8.78 Å². The van der Waals surface area contributed by atoms with Crippen molar-refractivity contribution in [2.75, 3.05) is 24.5 Å². The first-order valence-corrected chi connectivity index (χ1v) is 12.5. The van der Waals surface area contributed by atoms with Gasteiger partial charge in [-0.3, -0.25) is 4.79 Å². The number of carboxylic acid groups (broad SMARTS) is 1. The van der Waals surface area contributed by atoms with Crippen molar-refractivity contribution in [1.82, 2.24) is 9.88 Å². The summed E-state index contributed by atoms with van der Waals surface area (Å²) in [4.78, 5) is 38.2. The van der Waals surface area contributed by atoms with Crippen LogP contribution >= 0.6 is 0 Å². The molecule has 2 N–H and O–H groups in total. The van der Waals surface area contributed by atoms with Gasteiger partial charge in [-0.05, 0) is 51.8 Å². The average molecular weight is 530 g/mol. The van der Waals surface area contributed by atoms with E-state index in [1.165, 1.54) is 10.8 Å². The van der Waals surface area contributed by atoms with Crippen molar-refractivity contribution in [3.63, 3.8) is 0 Å². The van der Waals surface area contributed by atoms with E-state index in [1.54, 1.807) is 37.8 Å². The number of nitrogens with zero attached hydrogens (tertiary/aromatic N) is 2. The highest BCUT2D eigenvalue weighted by molar-refractivity contribution is 5.94. The van der Waals surface area contributed by atoms with Crippen LogP contribution < -0.4 is 15.6 Å². The molecule has 5 rings (SSSR count). The predicted octanol–water partition coefficient (Wildman–Crippen LogP) is 4.65. The molecule has 0 radical (unpaired) electrons. The Bertz CT molecular complexity index is 1460. The molecule has 1 aliphatic carbocycles. The second-order valence-electron chi connectivity index (χ2n) is 10.9. The van der Waals surface area contributed by atoms with Gasteiger partial charge >= 0.3 is 12.1 Å².